The van der Waals surface area contributed by atoms with Crippen LogP contribution < -0.4 is 19.9 Å². The average Bonchev–Trinajstić information content (AvgIpc) is 2.48. The summed E-state index contributed by atoms with van der Waals surface area (Å²) < 4.78 is 16.8. The van der Waals surface area contributed by atoms with Crippen molar-refractivity contribution in [3.05, 3.63) is 47.5 Å². The third-order valence-electron chi connectivity index (χ3n) is 3.09. The van der Waals surface area contributed by atoms with E-state index < -0.39 is 0 Å². The van der Waals surface area contributed by atoms with Crippen molar-refractivity contribution in [1.29, 1.82) is 0 Å². The van der Waals surface area contributed by atoms with Crippen LogP contribution >= 0.6 is 0 Å². The van der Waals surface area contributed by atoms with Gasteiger partial charge in [-0.05, 0) is 49.7 Å². The van der Waals surface area contributed by atoms with Gasteiger partial charge >= 0.3 is 0 Å². The molecule has 4 nitrogen and oxygen atoms in total. The Morgan fingerprint density at radius 1 is 0.952 bits per heavy atom. The molecule has 0 heterocycles. The van der Waals surface area contributed by atoms with E-state index in [4.69, 9.17) is 19.9 Å². The van der Waals surface area contributed by atoms with E-state index >= 15 is 0 Å². The van der Waals surface area contributed by atoms with Crippen molar-refractivity contribution in [3.63, 3.8) is 0 Å². The quantitative estimate of drug-likeness (QED) is 0.825. The van der Waals surface area contributed by atoms with Crippen molar-refractivity contribution < 1.29 is 14.2 Å². The number of rotatable bonds is 6. The number of aryl methyl sites for hydroxylation is 1. The second-order valence-corrected chi connectivity index (χ2v) is 4.74. The lowest BCUT2D eigenvalue weighted by molar-refractivity contribution is 0.272. The van der Waals surface area contributed by atoms with Crippen LogP contribution in [0, 0.1) is 6.92 Å². The van der Waals surface area contributed by atoms with Crippen molar-refractivity contribution in [2.45, 2.75) is 20.5 Å². The summed E-state index contributed by atoms with van der Waals surface area (Å²) in [6.45, 7) is 4.94. The summed E-state index contributed by atoms with van der Waals surface area (Å²) in [5.74, 6) is 2.21. The molecule has 0 amide bonds. The van der Waals surface area contributed by atoms with Crippen molar-refractivity contribution >= 4 is 5.69 Å². The standard InChI is InChI=1S/C17H21NO3/c1-4-20-15-8-6-14(18)10-13(15)11-21-16-7-5-12(2)9-17(16)19-3/h5-10H,4,11,18H2,1-3H3. The lowest BCUT2D eigenvalue weighted by Crippen LogP contribution is -2.03. The highest BCUT2D eigenvalue weighted by Crippen LogP contribution is 2.30. The molecule has 0 saturated carbocycles. The minimum absolute atomic E-state index is 0.375. The van der Waals surface area contributed by atoms with E-state index in [2.05, 4.69) is 0 Å². The molecule has 0 bridgehead atoms. The summed E-state index contributed by atoms with van der Waals surface area (Å²) >= 11 is 0. The van der Waals surface area contributed by atoms with Gasteiger partial charge in [0.05, 0.1) is 13.7 Å². The van der Waals surface area contributed by atoms with Crippen LogP contribution in [0.15, 0.2) is 36.4 Å². The van der Waals surface area contributed by atoms with E-state index in [1.54, 1.807) is 7.11 Å². The van der Waals surface area contributed by atoms with Crippen molar-refractivity contribution in [3.8, 4) is 17.2 Å². The number of hydrogen-bond acceptors (Lipinski definition) is 4. The van der Waals surface area contributed by atoms with Gasteiger partial charge in [-0.2, -0.15) is 0 Å². The van der Waals surface area contributed by atoms with Gasteiger partial charge in [0.2, 0.25) is 0 Å². The Hall–Kier alpha value is -2.36. The molecule has 2 aromatic carbocycles. The summed E-state index contributed by atoms with van der Waals surface area (Å²) in [5, 5.41) is 0. The fourth-order valence-corrected chi connectivity index (χ4v) is 2.06. The summed E-state index contributed by atoms with van der Waals surface area (Å²) in [5.41, 5.74) is 8.56. The summed E-state index contributed by atoms with van der Waals surface area (Å²) in [4.78, 5) is 0. The highest BCUT2D eigenvalue weighted by Gasteiger charge is 2.08. The summed E-state index contributed by atoms with van der Waals surface area (Å²) in [6, 6.07) is 11.4. The lowest BCUT2D eigenvalue weighted by atomic mass is 10.2. The topological polar surface area (TPSA) is 53.7 Å². The van der Waals surface area contributed by atoms with Crippen LogP contribution in [-0.2, 0) is 6.61 Å². The van der Waals surface area contributed by atoms with Crippen molar-refractivity contribution in [2.24, 2.45) is 0 Å². The van der Waals surface area contributed by atoms with Gasteiger partial charge in [0.15, 0.2) is 11.5 Å². The van der Waals surface area contributed by atoms with Crippen LogP contribution in [0.5, 0.6) is 17.2 Å². The molecule has 21 heavy (non-hydrogen) atoms. The van der Waals surface area contributed by atoms with Crippen LogP contribution in [0.1, 0.15) is 18.1 Å². The minimum atomic E-state index is 0.375. The van der Waals surface area contributed by atoms with E-state index in [-0.39, 0.29) is 0 Å². The smallest absolute Gasteiger partial charge is 0.161 e. The molecule has 0 radical (unpaired) electrons. The first kappa shape index (κ1) is 15.0. The van der Waals surface area contributed by atoms with E-state index in [0.717, 1.165) is 22.6 Å². The fraction of sp³-hybridized carbons (Fsp3) is 0.294. The molecule has 2 aromatic rings. The van der Waals surface area contributed by atoms with Crippen LogP contribution in [0.4, 0.5) is 5.69 Å². The third-order valence-corrected chi connectivity index (χ3v) is 3.09. The maximum atomic E-state index is 5.85. The SMILES string of the molecule is CCOc1ccc(N)cc1COc1ccc(C)cc1OC. The molecule has 0 aliphatic carbocycles. The number of anilines is 1. The summed E-state index contributed by atoms with van der Waals surface area (Å²) in [7, 11) is 1.63. The zero-order chi connectivity index (χ0) is 15.2. The molecule has 0 unspecified atom stereocenters. The Morgan fingerprint density at radius 2 is 1.71 bits per heavy atom. The van der Waals surface area contributed by atoms with E-state index in [9.17, 15) is 0 Å². The van der Waals surface area contributed by atoms with Crippen LogP contribution in [0.3, 0.4) is 0 Å². The fourth-order valence-electron chi connectivity index (χ4n) is 2.06. The molecule has 0 atom stereocenters. The van der Waals surface area contributed by atoms with Crippen LogP contribution in [0.25, 0.3) is 0 Å². The van der Waals surface area contributed by atoms with E-state index in [1.165, 1.54) is 0 Å². The molecular formula is C17H21NO3. The van der Waals surface area contributed by atoms with Gasteiger partial charge in [-0.3, -0.25) is 0 Å². The first-order valence-corrected chi connectivity index (χ1v) is 6.92. The molecule has 0 aliphatic heterocycles. The Labute approximate surface area is 125 Å². The predicted molar refractivity (Wildman–Crippen MR) is 84.1 cm³/mol. The first-order chi connectivity index (χ1) is 10.1. The number of hydrogen-bond donors (Lipinski definition) is 1. The molecule has 112 valence electrons. The number of ether oxygens (including phenoxy) is 3. The largest absolute Gasteiger partial charge is 0.493 e. The van der Waals surface area contributed by atoms with Crippen molar-refractivity contribution in [2.75, 3.05) is 19.5 Å². The molecule has 0 spiro atoms. The maximum absolute atomic E-state index is 5.85. The van der Waals surface area contributed by atoms with Gasteiger partial charge < -0.3 is 19.9 Å². The Morgan fingerprint density at radius 3 is 2.43 bits per heavy atom. The Bertz CT molecular complexity index is 611. The second kappa shape index (κ2) is 6.88. The zero-order valence-electron chi connectivity index (χ0n) is 12.7. The van der Waals surface area contributed by atoms with Gasteiger partial charge in [0.25, 0.3) is 0 Å². The minimum Gasteiger partial charge on any atom is -0.493 e. The highest BCUT2D eigenvalue weighted by molar-refractivity contribution is 5.48. The molecule has 0 aromatic heterocycles. The molecular weight excluding hydrogens is 266 g/mol. The Kier molecular flexibility index (Phi) is 4.93. The van der Waals surface area contributed by atoms with Crippen LogP contribution in [-0.4, -0.2) is 13.7 Å². The van der Waals surface area contributed by atoms with Gasteiger partial charge in [-0.1, -0.05) is 6.07 Å². The maximum Gasteiger partial charge on any atom is 0.161 e. The second-order valence-electron chi connectivity index (χ2n) is 4.74. The number of nitrogens with two attached hydrogens (primary N) is 1. The van der Waals surface area contributed by atoms with Gasteiger partial charge in [-0.25, -0.2) is 0 Å². The Balaban J connectivity index is 2.18. The first-order valence-electron chi connectivity index (χ1n) is 6.92. The van der Waals surface area contributed by atoms with Gasteiger partial charge in [0.1, 0.15) is 12.4 Å². The number of methoxy groups -OCH3 is 1. The normalized spacial score (nSPS) is 10.2. The monoisotopic (exact) mass is 287 g/mol. The van der Waals surface area contributed by atoms with Crippen molar-refractivity contribution in [1.82, 2.24) is 0 Å². The molecule has 2 rings (SSSR count). The third kappa shape index (κ3) is 3.81. The number of nitrogen functional groups attached to an aromatic ring is 1. The molecule has 4 heteroatoms. The summed E-state index contributed by atoms with van der Waals surface area (Å²) in [6.07, 6.45) is 0. The average molecular weight is 287 g/mol. The highest BCUT2D eigenvalue weighted by atomic mass is 16.5. The molecule has 2 N–H and O–H groups in total. The van der Waals surface area contributed by atoms with Gasteiger partial charge in [-0.15, -0.1) is 0 Å². The molecule has 0 aliphatic rings. The predicted octanol–water partition coefficient (Wildman–Crippen LogP) is 3.56. The van der Waals surface area contributed by atoms with E-state index in [0.29, 0.717) is 24.7 Å². The van der Waals surface area contributed by atoms with Crippen LogP contribution in [0.2, 0.25) is 0 Å². The number of benzene rings is 2. The molecule has 0 fully saturated rings. The molecule has 0 saturated heterocycles. The zero-order valence-corrected chi connectivity index (χ0v) is 12.7. The lowest BCUT2D eigenvalue weighted by Gasteiger charge is -2.14. The van der Waals surface area contributed by atoms with Gasteiger partial charge in [0, 0.05) is 11.3 Å². The van der Waals surface area contributed by atoms with E-state index in [1.807, 2.05) is 50.2 Å².